The molecule has 0 saturated heterocycles. The van der Waals surface area contributed by atoms with Gasteiger partial charge in [0.2, 0.25) is 0 Å². The summed E-state index contributed by atoms with van der Waals surface area (Å²) in [6.45, 7) is 5.40. The maximum absolute atomic E-state index is 5.70. The molecule has 0 bridgehead atoms. The van der Waals surface area contributed by atoms with Crippen molar-refractivity contribution in [2.75, 3.05) is 53.9 Å². The SMILES string of the molecule is CCCCCOC(OCCOC)OC(OCCCCC)OCCOC. The Morgan fingerprint density at radius 1 is 0.520 bits per heavy atom. The van der Waals surface area contributed by atoms with E-state index in [0.717, 1.165) is 38.5 Å². The van der Waals surface area contributed by atoms with Crippen LogP contribution in [-0.4, -0.2) is 66.8 Å². The van der Waals surface area contributed by atoms with Gasteiger partial charge in [-0.2, -0.15) is 0 Å². The van der Waals surface area contributed by atoms with E-state index in [0.29, 0.717) is 39.6 Å². The molecule has 0 heterocycles. The monoisotopic (exact) mass is 366 g/mol. The van der Waals surface area contributed by atoms with E-state index >= 15 is 0 Å². The molecule has 7 nitrogen and oxygen atoms in total. The minimum atomic E-state index is -0.842. The lowest BCUT2D eigenvalue weighted by Crippen LogP contribution is -2.33. The maximum atomic E-state index is 5.70. The quantitative estimate of drug-likeness (QED) is 0.242. The minimum Gasteiger partial charge on any atom is -0.382 e. The van der Waals surface area contributed by atoms with Gasteiger partial charge >= 0.3 is 0 Å². The van der Waals surface area contributed by atoms with Crippen LogP contribution in [0.15, 0.2) is 0 Å². The van der Waals surface area contributed by atoms with E-state index in [2.05, 4.69) is 13.8 Å². The maximum Gasteiger partial charge on any atom is 0.275 e. The fraction of sp³-hybridized carbons (Fsp3) is 1.00. The molecule has 0 aromatic heterocycles. The Balaban J connectivity index is 4.36. The molecule has 0 aliphatic heterocycles. The lowest BCUT2D eigenvalue weighted by Gasteiger charge is -2.25. The normalized spacial score (nSPS) is 13.9. The summed E-state index contributed by atoms with van der Waals surface area (Å²) in [6.07, 6.45) is 6.37. The second-order valence-corrected chi connectivity index (χ2v) is 5.60. The van der Waals surface area contributed by atoms with Gasteiger partial charge in [-0.25, -0.2) is 0 Å². The summed E-state index contributed by atoms with van der Waals surface area (Å²) in [5, 5.41) is 0. The van der Waals surface area contributed by atoms with Gasteiger partial charge in [0.05, 0.1) is 39.6 Å². The lowest BCUT2D eigenvalue weighted by molar-refractivity contribution is -0.399. The summed E-state index contributed by atoms with van der Waals surface area (Å²) < 4.78 is 38.2. The van der Waals surface area contributed by atoms with E-state index in [1.54, 1.807) is 14.2 Å². The first kappa shape index (κ1) is 24.7. The number of hydrogen-bond acceptors (Lipinski definition) is 7. The van der Waals surface area contributed by atoms with Gasteiger partial charge in [0.15, 0.2) is 0 Å². The van der Waals surface area contributed by atoms with Crippen molar-refractivity contribution in [3.05, 3.63) is 0 Å². The Kier molecular flexibility index (Phi) is 19.8. The first-order chi connectivity index (χ1) is 12.3. The van der Waals surface area contributed by atoms with Crippen molar-refractivity contribution in [3.8, 4) is 0 Å². The summed E-state index contributed by atoms with van der Waals surface area (Å²) in [5.74, 6) is 0. The van der Waals surface area contributed by atoms with Gasteiger partial charge in [-0.1, -0.05) is 39.5 Å². The molecule has 0 aliphatic carbocycles. The Bertz CT molecular complexity index is 230. The third-order valence-corrected chi connectivity index (χ3v) is 3.31. The van der Waals surface area contributed by atoms with Crippen molar-refractivity contribution in [1.29, 1.82) is 0 Å². The molecule has 0 N–H and O–H groups in total. The summed E-state index contributed by atoms with van der Waals surface area (Å²) in [5.41, 5.74) is 0. The van der Waals surface area contributed by atoms with Gasteiger partial charge in [-0.05, 0) is 12.8 Å². The first-order valence-corrected chi connectivity index (χ1v) is 9.38. The molecule has 7 heteroatoms. The highest BCUT2D eigenvalue weighted by Crippen LogP contribution is 2.09. The summed E-state index contributed by atoms with van der Waals surface area (Å²) in [4.78, 5) is 0. The van der Waals surface area contributed by atoms with Crippen LogP contribution < -0.4 is 0 Å². The van der Waals surface area contributed by atoms with Crippen LogP contribution >= 0.6 is 0 Å². The van der Waals surface area contributed by atoms with Crippen LogP contribution in [0.1, 0.15) is 52.4 Å². The van der Waals surface area contributed by atoms with Crippen LogP contribution in [0.4, 0.5) is 0 Å². The second-order valence-electron chi connectivity index (χ2n) is 5.60. The van der Waals surface area contributed by atoms with E-state index in [1.165, 1.54) is 0 Å². The van der Waals surface area contributed by atoms with Crippen LogP contribution in [0.3, 0.4) is 0 Å². The Morgan fingerprint density at radius 3 is 1.28 bits per heavy atom. The van der Waals surface area contributed by atoms with E-state index in [4.69, 9.17) is 33.2 Å². The molecule has 0 radical (unpaired) electrons. The highest BCUT2D eigenvalue weighted by Gasteiger charge is 2.19. The van der Waals surface area contributed by atoms with Crippen molar-refractivity contribution in [2.24, 2.45) is 0 Å². The molecule has 2 atom stereocenters. The van der Waals surface area contributed by atoms with Gasteiger partial charge in [-0.15, -0.1) is 0 Å². The molecular formula is C18H38O7. The molecule has 0 saturated carbocycles. The predicted octanol–water partition coefficient (Wildman–Crippen LogP) is 3.31. The fourth-order valence-corrected chi connectivity index (χ4v) is 1.86. The first-order valence-electron chi connectivity index (χ1n) is 9.38. The molecule has 0 fully saturated rings. The molecule has 0 aromatic rings. The third-order valence-electron chi connectivity index (χ3n) is 3.31. The largest absolute Gasteiger partial charge is 0.382 e. The summed E-state index contributed by atoms with van der Waals surface area (Å²) in [7, 11) is 3.24. The van der Waals surface area contributed by atoms with Crippen molar-refractivity contribution < 1.29 is 33.2 Å². The van der Waals surface area contributed by atoms with Crippen molar-refractivity contribution in [3.63, 3.8) is 0 Å². The molecule has 0 aromatic carbocycles. The number of unbranched alkanes of at least 4 members (excludes halogenated alkanes) is 4. The van der Waals surface area contributed by atoms with Crippen LogP contribution in [0.2, 0.25) is 0 Å². The zero-order chi connectivity index (χ0) is 18.6. The van der Waals surface area contributed by atoms with Gasteiger partial charge in [0.1, 0.15) is 0 Å². The molecule has 25 heavy (non-hydrogen) atoms. The van der Waals surface area contributed by atoms with Gasteiger partial charge < -0.3 is 28.4 Å². The molecule has 0 rings (SSSR count). The van der Waals surface area contributed by atoms with E-state index in [9.17, 15) is 0 Å². The van der Waals surface area contributed by atoms with Crippen molar-refractivity contribution in [1.82, 2.24) is 0 Å². The summed E-state index contributed by atoms with van der Waals surface area (Å²) in [6, 6.07) is 0. The van der Waals surface area contributed by atoms with Gasteiger partial charge in [0, 0.05) is 14.2 Å². The van der Waals surface area contributed by atoms with Crippen LogP contribution in [0.25, 0.3) is 0 Å². The Morgan fingerprint density at radius 2 is 0.920 bits per heavy atom. The van der Waals surface area contributed by atoms with Crippen LogP contribution in [-0.2, 0) is 33.2 Å². The van der Waals surface area contributed by atoms with Crippen LogP contribution in [0, 0.1) is 0 Å². The predicted molar refractivity (Wildman–Crippen MR) is 95.3 cm³/mol. The topological polar surface area (TPSA) is 64.6 Å². The lowest BCUT2D eigenvalue weighted by atomic mass is 10.3. The summed E-state index contributed by atoms with van der Waals surface area (Å²) >= 11 is 0. The Labute approximate surface area is 153 Å². The zero-order valence-corrected chi connectivity index (χ0v) is 16.5. The molecule has 2 unspecified atom stereocenters. The third kappa shape index (κ3) is 16.9. The van der Waals surface area contributed by atoms with E-state index < -0.39 is 13.0 Å². The van der Waals surface area contributed by atoms with Crippen LogP contribution in [0.5, 0.6) is 0 Å². The fourth-order valence-electron chi connectivity index (χ4n) is 1.86. The zero-order valence-electron chi connectivity index (χ0n) is 16.5. The van der Waals surface area contributed by atoms with E-state index in [-0.39, 0.29) is 0 Å². The highest BCUT2D eigenvalue weighted by molar-refractivity contribution is 4.40. The standard InChI is InChI=1S/C18H38O7/c1-5-7-9-11-21-17(23-15-13-19-3)25-18(24-16-14-20-4)22-12-10-8-6-2/h17-18H,5-16H2,1-4H3. The molecular weight excluding hydrogens is 328 g/mol. The number of rotatable bonds is 20. The number of ether oxygens (including phenoxy) is 7. The molecule has 0 amide bonds. The molecule has 0 aliphatic rings. The van der Waals surface area contributed by atoms with E-state index in [1.807, 2.05) is 0 Å². The Hall–Kier alpha value is -0.280. The molecule has 152 valence electrons. The average molecular weight is 366 g/mol. The highest BCUT2D eigenvalue weighted by atomic mass is 16.9. The number of hydrogen-bond donors (Lipinski definition) is 0. The minimum absolute atomic E-state index is 0.371. The van der Waals surface area contributed by atoms with Crippen molar-refractivity contribution in [2.45, 2.75) is 65.3 Å². The van der Waals surface area contributed by atoms with Gasteiger partial charge in [-0.3, -0.25) is 4.74 Å². The second kappa shape index (κ2) is 20.0. The average Bonchev–Trinajstić information content (AvgIpc) is 2.62. The number of methoxy groups -OCH3 is 2. The van der Waals surface area contributed by atoms with Gasteiger partial charge in [0.25, 0.3) is 13.0 Å². The molecule has 0 spiro atoms. The van der Waals surface area contributed by atoms with Crippen molar-refractivity contribution >= 4 is 0 Å². The smallest absolute Gasteiger partial charge is 0.275 e.